The summed E-state index contributed by atoms with van der Waals surface area (Å²) in [4.78, 5) is 0. The highest BCUT2D eigenvalue weighted by Crippen LogP contribution is 2.15. The van der Waals surface area contributed by atoms with E-state index in [1.807, 2.05) is 0 Å². The number of benzene rings is 1. The Morgan fingerprint density at radius 1 is 0.889 bits per heavy atom. The average molecular weight is 248 g/mol. The lowest BCUT2D eigenvalue weighted by atomic mass is 10.0. The second-order valence-corrected chi connectivity index (χ2v) is 5.98. The van der Waals surface area contributed by atoms with E-state index < -0.39 is 0 Å². The molecule has 0 spiro atoms. The van der Waals surface area contributed by atoms with E-state index in [4.69, 9.17) is 4.74 Å². The standard InChI is InChI=1S/C17H28O/c1-14(2)7-5-6-12-18-17-10-8-16(9-11-17)13-15(3)4/h8-11,14-15H,5-7,12-13H2,1-4H3. The summed E-state index contributed by atoms with van der Waals surface area (Å²) in [7, 11) is 0. The van der Waals surface area contributed by atoms with Crippen LogP contribution in [0.15, 0.2) is 24.3 Å². The molecular formula is C17H28O. The highest BCUT2D eigenvalue weighted by Gasteiger charge is 1.99. The Morgan fingerprint density at radius 2 is 1.56 bits per heavy atom. The van der Waals surface area contributed by atoms with Crippen molar-refractivity contribution in [2.75, 3.05) is 6.61 Å². The molecule has 0 aliphatic heterocycles. The lowest BCUT2D eigenvalue weighted by Gasteiger charge is -2.09. The molecule has 1 heteroatoms. The van der Waals surface area contributed by atoms with Crippen LogP contribution in [0, 0.1) is 11.8 Å². The molecule has 0 amide bonds. The monoisotopic (exact) mass is 248 g/mol. The van der Waals surface area contributed by atoms with Gasteiger partial charge in [0.2, 0.25) is 0 Å². The fourth-order valence-electron chi connectivity index (χ4n) is 2.04. The molecule has 1 aromatic rings. The summed E-state index contributed by atoms with van der Waals surface area (Å²) in [6, 6.07) is 8.56. The summed E-state index contributed by atoms with van der Waals surface area (Å²) in [6.45, 7) is 9.89. The molecule has 0 aliphatic carbocycles. The summed E-state index contributed by atoms with van der Waals surface area (Å²) in [5.41, 5.74) is 1.40. The quantitative estimate of drug-likeness (QED) is 0.582. The van der Waals surface area contributed by atoms with E-state index in [0.29, 0.717) is 5.92 Å². The molecule has 0 bridgehead atoms. The van der Waals surface area contributed by atoms with Crippen molar-refractivity contribution in [3.8, 4) is 5.75 Å². The molecule has 0 atom stereocenters. The first-order valence-electron chi connectivity index (χ1n) is 7.29. The van der Waals surface area contributed by atoms with Crippen molar-refractivity contribution in [1.82, 2.24) is 0 Å². The highest BCUT2D eigenvalue weighted by molar-refractivity contribution is 5.27. The fourth-order valence-corrected chi connectivity index (χ4v) is 2.04. The van der Waals surface area contributed by atoms with E-state index in [1.54, 1.807) is 0 Å². The van der Waals surface area contributed by atoms with Crippen molar-refractivity contribution >= 4 is 0 Å². The molecule has 0 aromatic heterocycles. The minimum atomic E-state index is 0.716. The topological polar surface area (TPSA) is 9.23 Å². The van der Waals surface area contributed by atoms with Gasteiger partial charge in [-0.2, -0.15) is 0 Å². The largest absolute Gasteiger partial charge is 0.494 e. The van der Waals surface area contributed by atoms with Crippen molar-refractivity contribution in [3.63, 3.8) is 0 Å². The van der Waals surface area contributed by atoms with Crippen LogP contribution in [0.5, 0.6) is 5.75 Å². The summed E-state index contributed by atoms with van der Waals surface area (Å²) < 4.78 is 5.75. The molecule has 0 saturated heterocycles. The Hall–Kier alpha value is -0.980. The Kier molecular flexibility index (Phi) is 6.85. The third-order valence-corrected chi connectivity index (χ3v) is 3.01. The van der Waals surface area contributed by atoms with Crippen molar-refractivity contribution in [3.05, 3.63) is 29.8 Å². The number of hydrogen-bond acceptors (Lipinski definition) is 1. The lowest BCUT2D eigenvalue weighted by Crippen LogP contribution is -1.99. The van der Waals surface area contributed by atoms with E-state index in [-0.39, 0.29) is 0 Å². The first-order valence-corrected chi connectivity index (χ1v) is 7.29. The van der Waals surface area contributed by atoms with Gasteiger partial charge in [0.05, 0.1) is 6.61 Å². The Labute approximate surface area is 113 Å². The van der Waals surface area contributed by atoms with E-state index >= 15 is 0 Å². The second-order valence-electron chi connectivity index (χ2n) is 5.98. The van der Waals surface area contributed by atoms with Gasteiger partial charge in [0.15, 0.2) is 0 Å². The van der Waals surface area contributed by atoms with Crippen molar-refractivity contribution in [2.24, 2.45) is 11.8 Å². The van der Waals surface area contributed by atoms with Gasteiger partial charge >= 0.3 is 0 Å². The Balaban J connectivity index is 2.22. The molecule has 0 saturated carbocycles. The molecule has 18 heavy (non-hydrogen) atoms. The molecule has 1 aromatic carbocycles. The van der Waals surface area contributed by atoms with Gasteiger partial charge in [0, 0.05) is 0 Å². The molecule has 102 valence electrons. The molecule has 0 heterocycles. The number of unbranched alkanes of at least 4 members (excludes halogenated alkanes) is 1. The summed E-state index contributed by atoms with van der Waals surface area (Å²) in [5, 5.41) is 0. The maximum Gasteiger partial charge on any atom is 0.119 e. The van der Waals surface area contributed by atoms with Crippen molar-refractivity contribution in [2.45, 2.75) is 53.4 Å². The number of rotatable bonds is 8. The number of hydrogen-bond donors (Lipinski definition) is 0. The van der Waals surface area contributed by atoms with Crippen LogP contribution in [0.2, 0.25) is 0 Å². The first kappa shape index (κ1) is 15.1. The molecule has 1 rings (SSSR count). The SMILES string of the molecule is CC(C)CCCCOc1ccc(CC(C)C)cc1. The van der Waals surface area contributed by atoms with Gasteiger partial charge in [0.25, 0.3) is 0 Å². The molecule has 0 unspecified atom stereocenters. The van der Waals surface area contributed by atoms with Crippen molar-refractivity contribution < 1.29 is 4.74 Å². The Bertz CT molecular complexity index is 311. The molecule has 0 N–H and O–H groups in total. The van der Waals surface area contributed by atoms with Crippen LogP contribution >= 0.6 is 0 Å². The van der Waals surface area contributed by atoms with Crippen LogP contribution < -0.4 is 4.74 Å². The van der Waals surface area contributed by atoms with Gasteiger partial charge in [-0.15, -0.1) is 0 Å². The fraction of sp³-hybridized carbons (Fsp3) is 0.647. The predicted octanol–water partition coefficient (Wildman–Crippen LogP) is 5.09. The molecule has 0 radical (unpaired) electrons. The van der Waals surface area contributed by atoms with E-state index in [0.717, 1.165) is 31.1 Å². The van der Waals surface area contributed by atoms with E-state index in [1.165, 1.54) is 18.4 Å². The van der Waals surface area contributed by atoms with Crippen LogP contribution in [-0.4, -0.2) is 6.61 Å². The van der Waals surface area contributed by atoms with Crippen LogP contribution in [0.3, 0.4) is 0 Å². The predicted molar refractivity (Wildman–Crippen MR) is 79.2 cm³/mol. The van der Waals surface area contributed by atoms with Gasteiger partial charge in [0.1, 0.15) is 5.75 Å². The minimum Gasteiger partial charge on any atom is -0.494 e. The van der Waals surface area contributed by atoms with Crippen molar-refractivity contribution in [1.29, 1.82) is 0 Å². The number of ether oxygens (including phenoxy) is 1. The molecule has 0 aliphatic rings. The van der Waals surface area contributed by atoms with Gasteiger partial charge in [-0.1, -0.05) is 46.2 Å². The van der Waals surface area contributed by atoms with Crippen LogP contribution in [-0.2, 0) is 6.42 Å². The van der Waals surface area contributed by atoms with Crippen LogP contribution in [0.4, 0.5) is 0 Å². The zero-order valence-corrected chi connectivity index (χ0v) is 12.4. The lowest BCUT2D eigenvalue weighted by molar-refractivity contribution is 0.301. The van der Waals surface area contributed by atoms with Crippen LogP contribution in [0.1, 0.15) is 52.5 Å². The van der Waals surface area contributed by atoms with Gasteiger partial charge < -0.3 is 4.74 Å². The summed E-state index contributed by atoms with van der Waals surface area (Å²) in [5.74, 6) is 2.53. The average Bonchev–Trinajstić information content (AvgIpc) is 2.30. The first-order chi connectivity index (χ1) is 8.58. The normalized spacial score (nSPS) is 11.2. The zero-order valence-electron chi connectivity index (χ0n) is 12.4. The summed E-state index contributed by atoms with van der Waals surface area (Å²) >= 11 is 0. The maximum atomic E-state index is 5.75. The third-order valence-electron chi connectivity index (χ3n) is 3.01. The van der Waals surface area contributed by atoms with Gasteiger partial charge in [-0.25, -0.2) is 0 Å². The van der Waals surface area contributed by atoms with E-state index in [9.17, 15) is 0 Å². The molecular weight excluding hydrogens is 220 g/mol. The second kappa shape index (κ2) is 8.18. The third kappa shape index (κ3) is 6.68. The maximum absolute atomic E-state index is 5.75. The van der Waals surface area contributed by atoms with Crippen LogP contribution in [0.25, 0.3) is 0 Å². The molecule has 0 fully saturated rings. The van der Waals surface area contributed by atoms with Gasteiger partial charge in [-0.05, 0) is 48.8 Å². The Morgan fingerprint density at radius 3 is 2.11 bits per heavy atom. The highest BCUT2D eigenvalue weighted by atomic mass is 16.5. The smallest absolute Gasteiger partial charge is 0.119 e. The van der Waals surface area contributed by atoms with E-state index in [2.05, 4.69) is 52.0 Å². The molecule has 1 nitrogen and oxygen atoms in total. The summed E-state index contributed by atoms with van der Waals surface area (Å²) in [6.07, 6.45) is 4.88. The van der Waals surface area contributed by atoms with Gasteiger partial charge in [-0.3, -0.25) is 0 Å². The zero-order chi connectivity index (χ0) is 13.4. The minimum absolute atomic E-state index is 0.716.